The highest BCUT2D eigenvalue weighted by atomic mass is 35.5. The fourth-order valence-corrected chi connectivity index (χ4v) is 4.43. The first kappa shape index (κ1) is 29.0. The van der Waals surface area contributed by atoms with Crippen LogP contribution in [0, 0.1) is 0 Å². The fourth-order valence-electron chi connectivity index (χ4n) is 4.23. The minimum Gasteiger partial charge on any atom is -0.506 e. The first-order chi connectivity index (χ1) is 17.1. The van der Waals surface area contributed by atoms with Gasteiger partial charge < -0.3 is 15.2 Å². The van der Waals surface area contributed by atoms with Gasteiger partial charge in [0.05, 0.1) is 0 Å². The molecule has 0 saturated heterocycles. The summed E-state index contributed by atoms with van der Waals surface area (Å²) in [7, 11) is 0. The largest absolute Gasteiger partial charge is 0.506 e. The number of halogens is 1. The molecule has 2 aromatic carbocycles. The second kappa shape index (κ2) is 18.1. The van der Waals surface area contributed by atoms with Crippen LogP contribution in [-0.4, -0.2) is 11.1 Å². The highest BCUT2D eigenvalue weighted by molar-refractivity contribution is 6.35. The summed E-state index contributed by atoms with van der Waals surface area (Å²) < 4.78 is 5.58. The SMILES string of the molecule is CCCCCCCCCCCCCCCCCC(=O)Oc1ccc(O)c(Cl)c1Nc1ccccc1. The number of ether oxygens (including phenoxy) is 1. The predicted octanol–water partition coefficient (Wildman–Crippen LogP) is 9.96. The van der Waals surface area contributed by atoms with Gasteiger partial charge in [-0.15, -0.1) is 0 Å². The van der Waals surface area contributed by atoms with Crippen LogP contribution in [-0.2, 0) is 4.79 Å². The highest BCUT2D eigenvalue weighted by Gasteiger charge is 2.16. The van der Waals surface area contributed by atoms with Crippen molar-refractivity contribution in [3.8, 4) is 11.5 Å². The van der Waals surface area contributed by atoms with E-state index in [1.54, 1.807) is 6.07 Å². The molecule has 35 heavy (non-hydrogen) atoms. The first-order valence-electron chi connectivity index (χ1n) is 13.7. The van der Waals surface area contributed by atoms with Crippen molar-refractivity contribution in [3.05, 3.63) is 47.5 Å². The van der Waals surface area contributed by atoms with Gasteiger partial charge in [0, 0.05) is 12.1 Å². The molecule has 0 amide bonds. The van der Waals surface area contributed by atoms with Gasteiger partial charge in [-0.25, -0.2) is 0 Å². The summed E-state index contributed by atoms with van der Waals surface area (Å²) in [6, 6.07) is 12.4. The Kier molecular flexibility index (Phi) is 15.0. The van der Waals surface area contributed by atoms with Gasteiger partial charge in [-0.05, 0) is 30.7 Å². The maximum absolute atomic E-state index is 12.4. The number of benzene rings is 2. The molecule has 2 aromatic rings. The average Bonchev–Trinajstić information content (AvgIpc) is 2.86. The van der Waals surface area contributed by atoms with Crippen LogP contribution in [0.25, 0.3) is 0 Å². The minimum absolute atomic E-state index is 0.0627. The van der Waals surface area contributed by atoms with E-state index in [2.05, 4.69) is 12.2 Å². The van der Waals surface area contributed by atoms with Crippen molar-refractivity contribution in [1.82, 2.24) is 0 Å². The number of para-hydroxylation sites is 1. The van der Waals surface area contributed by atoms with Crippen LogP contribution in [0.1, 0.15) is 110 Å². The number of carbonyl (C=O) groups is 1. The van der Waals surface area contributed by atoms with Gasteiger partial charge in [0.1, 0.15) is 16.5 Å². The lowest BCUT2D eigenvalue weighted by Gasteiger charge is -2.14. The first-order valence-corrected chi connectivity index (χ1v) is 14.0. The molecular weight excluding hydrogens is 458 g/mol. The zero-order chi connectivity index (χ0) is 25.1. The molecule has 2 rings (SSSR count). The van der Waals surface area contributed by atoms with Gasteiger partial charge in [-0.1, -0.05) is 127 Å². The third-order valence-electron chi connectivity index (χ3n) is 6.33. The van der Waals surface area contributed by atoms with Crippen LogP contribution in [0.5, 0.6) is 11.5 Å². The van der Waals surface area contributed by atoms with Gasteiger partial charge in [0.25, 0.3) is 0 Å². The van der Waals surface area contributed by atoms with Crippen molar-refractivity contribution >= 4 is 28.9 Å². The molecule has 0 atom stereocenters. The minimum atomic E-state index is -0.280. The second-order valence-electron chi connectivity index (χ2n) is 9.44. The van der Waals surface area contributed by atoms with E-state index < -0.39 is 0 Å². The Morgan fingerprint density at radius 1 is 0.771 bits per heavy atom. The quantitative estimate of drug-likeness (QED) is 0.114. The van der Waals surface area contributed by atoms with E-state index in [1.807, 2.05) is 30.3 Å². The van der Waals surface area contributed by atoms with Crippen LogP contribution in [0.15, 0.2) is 42.5 Å². The normalized spacial score (nSPS) is 10.9. The summed E-state index contributed by atoms with van der Waals surface area (Å²) in [4.78, 5) is 12.4. The van der Waals surface area contributed by atoms with Crippen LogP contribution >= 0.6 is 11.6 Å². The highest BCUT2D eigenvalue weighted by Crippen LogP contribution is 2.40. The summed E-state index contributed by atoms with van der Waals surface area (Å²) >= 11 is 6.27. The van der Waals surface area contributed by atoms with Gasteiger partial charge in [-0.3, -0.25) is 4.79 Å². The maximum atomic E-state index is 12.4. The number of hydrogen-bond acceptors (Lipinski definition) is 4. The summed E-state index contributed by atoms with van der Waals surface area (Å²) in [6.07, 6.45) is 19.7. The number of hydrogen-bond donors (Lipinski definition) is 2. The summed E-state index contributed by atoms with van der Waals surface area (Å²) in [5.41, 5.74) is 1.18. The second-order valence-corrected chi connectivity index (χ2v) is 9.81. The van der Waals surface area contributed by atoms with E-state index in [0.717, 1.165) is 24.9 Å². The van der Waals surface area contributed by atoms with Crippen molar-refractivity contribution in [2.75, 3.05) is 5.32 Å². The smallest absolute Gasteiger partial charge is 0.311 e. The Balaban J connectivity index is 1.56. The van der Waals surface area contributed by atoms with E-state index in [4.69, 9.17) is 16.3 Å². The van der Waals surface area contributed by atoms with Gasteiger partial charge in [-0.2, -0.15) is 0 Å². The predicted molar refractivity (Wildman–Crippen MR) is 148 cm³/mol. The zero-order valence-corrected chi connectivity index (χ0v) is 22.3. The molecule has 0 aromatic heterocycles. The Hall–Kier alpha value is -2.20. The molecule has 0 heterocycles. The molecule has 0 unspecified atom stereocenters. The number of unbranched alkanes of at least 4 members (excludes halogenated alkanes) is 14. The van der Waals surface area contributed by atoms with Crippen molar-refractivity contribution in [3.63, 3.8) is 0 Å². The lowest BCUT2D eigenvalue weighted by Crippen LogP contribution is -2.09. The van der Waals surface area contributed by atoms with E-state index in [9.17, 15) is 9.90 Å². The van der Waals surface area contributed by atoms with Crippen LogP contribution in [0.3, 0.4) is 0 Å². The van der Waals surface area contributed by atoms with Crippen molar-refractivity contribution in [2.45, 2.75) is 110 Å². The van der Waals surface area contributed by atoms with E-state index in [0.29, 0.717) is 17.9 Å². The van der Waals surface area contributed by atoms with Crippen molar-refractivity contribution < 1.29 is 14.6 Å². The van der Waals surface area contributed by atoms with Crippen LogP contribution in [0.2, 0.25) is 5.02 Å². The standard InChI is InChI=1S/C30H44ClNO3/c1-2-3-4-5-6-7-8-9-10-11-12-13-14-15-19-22-28(34)35-27-24-23-26(33)29(31)30(27)32-25-20-17-16-18-21-25/h16-18,20-21,23-24,32-33H,2-15,19,22H2,1H3. The third-order valence-corrected chi connectivity index (χ3v) is 6.72. The number of nitrogens with one attached hydrogen (secondary N) is 1. The molecule has 194 valence electrons. The van der Waals surface area contributed by atoms with E-state index in [1.165, 1.54) is 83.1 Å². The summed E-state index contributed by atoms with van der Waals surface area (Å²) in [5.74, 6) is -0.0209. The monoisotopic (exact) mass is 501 g/mol. The molecule has 0 radical (unpaired) electrons. The molecule has 0 aliphatic rings. The molecule has 0 saturated carbocycles. The Morgan fingerprint density at radius 2 is 1.29 bits per heavy atom. The summed E-state index contributed by atoms with van der Waals surface area (Å²) in [6.45, 7) is 2.27. The van der Waals surface area contributed by atoms with Gasteiger partial charge >= 0.3 is 5.97 Å². The number of phenols is 1. The lowest BCUT2D eigenvalue weighted by molar-refractivity contribution is -0.134. The summed E-state index contributed by atoms with van der Waals surface area (Å²) in [5, 5.41) is 13.2. The number of anilines is 2. The van der Waals surface area contributed by atoms with Crippen molar-refractivity contribution in [2.24, 2.45) is 0 Å². The molecular formula is C30H44ClNO3. The number of phenolic OH excluding ortho intramolecular Hbond substituents is 1. The molecule has 0 spiro atoms. The van der Waals surface area contributed by atoms with Crippen molar-refractivity contribution in [1.29, 1.82) is 0 Å². The molecule has 4 nitrogen and oxygen atoms in total. The van der Waals surface area contributed by atoms with Crippen LogP contribution in [0.4, 0.5) is 11.4 Å². The topological polar surface area (TPSA) is 58.6 Å². The average molecular weight is 502 g/mol. The molecule has 0 aliphatic carbocycles. The third kappa shape index (κ3) is 12.4. The van der Waals surface area contributed by atoms with E-state index in [-0.39, 0.29) is 16.7 Å². The molecule has 0 bridgehead atoms. The fraction of sp³-hybridized carbons (Fsp3) is 0.567. The number of rotatable bonds is 19. The molecule has 0 aliphatic heterocycles. The zero-order valence-electron chi connectivity index (χ0n) is 21.5. The lowest BCUT2D eigenvalue weighted by atomic mass is 10.0. The molecule has 0 fully saturated rings. The van der Waals surface area contributed by atoms with Gasteiger partial charge in [0.15, 0.2) is 5.75 Å². The Bertz CT molecular complexity index is 841. The number of carbonyl (C=O) groups excluding carboxylic acids is 1. The van der Waals surface area contributed by atoms with Gasteiger partial charge in [0.2, 0.25) is 0 Å². The molecule has 5 heteroatoms. The number of aromatic hydroxyl groups is 1. The van der Waals surface area contributed by atoms with Crippen LogP contribution < -0.4 is 10.1 Å². The Labute approximate surface area is 217 Å². The maximum Gasteiger partial charge on any atom is 0.311 e. The molecule has 2 N–H and O–H groups in total. The number of esters is 1. The Morgan fingerprint density at radius 3 is 1.83 bits per heavy atom. The van der Waals surface area contributed by atoms with E-state index >= 15 is 0 Å².